The molecule has 1 atom stereocenters. The number of benzene rings is 2. The van der Waals surface area contributed by atoms with Gasteiger partial charge in [-0.15, -0.1) is 5.10 Å². The molecule has 0 saturated heterocycles. The Morgan fingerprint density at radius 2 is 1.94 bits per heavy atom. The number of pyridine rings is 1. The minimum Gasteiger partial charge on any atom is -0.396 e. The van der Waals surface area contributed by atoms with Gasteiger partial charge in [-0.2, -0.15) is 0 Å². The van der Waals surface area contributed by atoms with Crippen molar-refractivity contribution in [3.8, 4) is 0 Å². The van der Waals surface area contributed by atoms with Crippen LogP contribution in [0.2, 0.25) is 0 Å². The summed E-state index contributed by atoms with van der Waals surface area (Å²) in [5.74, 6) is 0.783. The maximum absolute atomic E-state index is 13.0. The zero-order valence-electron chi connectivity index (χ0n) is 20.7. The van der Waals surface area contributed by atoms with Crippen LogP contribution in [-0.4, -0.2) is 48.3 Å². The van der Waals surface area contributed by atoms with E-state index < -0.39 is 0 Å². The van der Waals surface area contributed by atoms with E-state index in [4.69, 9.17) is 0 Å². The van der Waals surface area contributed by atoms with Gasteiger partial charge in [0.2, 0.25) is 0 Å². The second-order valence-electron chi connectivity index (χ2n) is 9.14. The summed E-state index contributed by atoms with van der Waals surface area (Å²) in [5.41, 5.74) is 4.94. The first-order valence-corrected chi connectivity index (χ1v) is 12.3. The highest BCUT2D eigenvalue weighted by atomic mass is 16.3. The van der Waals surface area contributed by atoms with Crippen LogP contribution in [-0.2, 0) is 19.5 Å². The topological polar surface area (TPSA) is 99.9 Å². The van der Waals surface area contributed by atoms with Crippen LogP contribution in [0.4, 0.5) is 0 Å². The van der Waals surface area contributed by atoms with Crippen molar-refractivity contribution in [3.63, 3.8) is 0 Å². The molecule has 2 heterocycles. The molecule has 1 unspecified atom stereocenters. The molecule has 8 nitrogen and oxygen atoms in total. The van der Waals surface area contributed by atoms with E-state index in [0.29, 0.717) is 31.6 Å². The van der Waals surface area contributed by atoms with Crippen LogP contribution in [0.15, 0.2) is 53.3 Å². The van der Waals surface area contributed by atoms with Crippen molar-refractivity contribution in [1.82, 2.24) is 30.1 Å². The minimum atomic E-state index is -0.0861. The van der Waals surface area contributed by atoms with Crippen molar-refractivity contribution >= 4 is 10.9 Å². The number of tetrazole rings is 1. The molecule has 0 radical (unpaired) electrons. The predicted molar refractivity (Wildman–Crippen MR) is 137 cm³/mol. The van der Waals surface area contributed by atoms with Gasteiger partial charge in [-0.05, 0) is 72.2 Å². The molecule has 4 rings (SSSR count). The molecular formula is C27H34N6O2. The van der Waals surface area contributed by atoms with Gasteiger partial charge < -0.3 is 10.1 Å². The van der Waals surface area contributed by atoms with Crippen LogP contribution in [0.1, 0.15) is 53.9 Å². The number of aliphatic hydroxyl groups excluding tert-OH is 1. The molecule has 0 bridgehead atoms. The summed E-state index contributed by atoms with van der Waals surface area (Å²) in [4.78, 5) is 18.3. The Morgan fingerprint density at radius 3 is 2.69 bits per heavy atom. The number of hydrogen-bond acceptors (Lipinski definition) is 6. The SMILES string of the molecule is CCC(c1nnnn1CCc1ccccc1)N(CCCO)Cc1cc2cc(C)cc(C)c2[nH]c1=O. The van der Waals surface area contributed by atoms with E-state index >= 15 is 0 Å². The average molecular weight is 475 g/mol. The van der Waals surface area contributed by atoms with E-state index in [9.17, 15) is 9.90 Å². The van der Waals surface area contributed by atoms with Gasteiger partial charge in [-0.25, -0.2) is 4.68 Å². The molecule has 0 amide bonds. The number of aliphatic hydroxyl groups is 1. The number of rotatable bonds is 11. The van der Waals surface area contributed by atoms with Crippen LogP contribution >= 0.6 is 0 Å². The summed E-state index contributed by atoms with van der Waals surface area (Å²) >= 11 is 0. The van der Waals surface area contributed by atoms with Crippen LogP contribution in [0.25, 0.3) is 10.9 Å². The van der Waals surface area contributed by atoms with Crippen LogP contribution in [0.5, 0.6) is 0 Å². The predicted octanol–water partition coefficient (Wildman–Crippen LogP) is 3.71. The molecule has 184 valence electrons. The molecule has 2 aromatic heterocycles. The third-order valence-corrected chi connectivity index (χ3v) is 6.49. The van der Waals surface area contributed by atoms with Gasteiger partial charge in [0, 0.05) is 31.8 Å². The molecule has 0 saturated carbocycles. The van der Waals surface area contributed by atoms with E-state index in [-0.39, 0.29) is 18.2 Å². The van der Waals surface area contributed by atoms with E-state index in [1.54, 1.807) is 0 Å². The number of aryl methyl sites for hydroxylation is 4. The number of fused-ring (bicyclic) bond motifs is 1. The lowest BCUT2D eigenvalue weighted by Gasteiger charge is -2.30. The summed E-state index contributed by atoms with van der Waals surface area (Å²) in [5, 5.41) is 23.2. The van der Waals surface area contributed by atoms with Gasteiger partial charge in [0.05, 0.1) is 11.6 Å². The van der Waals surface area contributed by atoms with E-state index in [1.807, 2.05) is 35.9 Å². The lowest BCUT2D eigenvalue weighted by atomic mass is 10.0. The Morgan fingerprint density at radius 1 is 1.14 bits per heavy atom. The molecule has 0 aliphatic heterocycles. The maximum atomic E-state index is 13.0. The highest BCUT2D eigenvalue weighted by Crippen LogP contribution is 2.25. The molecule has 0 aliphatic carbocycles. The van der Waals surface area contributed by atoms with Crippen molar-refractivity contribution in [1.29, 1.82) is 0 Å². The maximum Gasteiger partial charge on any atom is 0.252 e. The smallest absolute Gasteiger partial charge is 0.252 e. The molecule has 0 spiro atoms. The summed E-state index contributed by atoms with van der Waals surface area (Å²) in [6, 6.07) is 16.4. The number of nitrogens with zero attached hydrogens (tertiary/aromatic N) is 5. The van der Waals surface area contributed by atoms with Gasteiger partial charge >= 0.3 is 0 Å². The van der Waals surface area contributed by atoms with Gasteiger partial charge in [-0.3, -0.25) is 9.69 Å². The first kappa shape index (κ1) is 24.8. The van der Waals surface area contributed by atoms with Crippen molar-refractivity contribution in [2.24, 2.45) is 0 Å². The lowest BCUT2D eigenvalue weighted by Crippen LogP contribution is -2.34. The van der Waals surface area contributed by atoms with Crippen LogP contribution in [0, 0.1) is 13.8 Å². The number of aromatic nitrogens is 5. The Bertz CT molecular complexity index is 1310. The van der Waals surface area contributed by atoms with E-state index in [0.717, 1.165) is 40.7 Å². The number of H-pyrrole nitrogens is 1. The molecule has 0 aliphatic rings. The Labute approximate surface area is 205 Å². The fourth-order valence-corrected chi connectivity index (χ4v) is 4.78. The Balaban J connectivity index is 1.62. The first-order chi connectivity index (χ1) is 17.0. The van der Waals surface area contributed by atoms with Gasteiger partial charge in [0.1, 0.15) is 0 Å². The summed E-state index contributed by atoms with van der Waals surface area (Å²) < 4.78 is 1.87. The Kier molecular flexibility index (Phi) is 8.05. The van der Waals surface area contributed by atoms with E-state index in [1.165, 1.54) is 5.56 Å². The molecule has 35 heavy (non-hydrogen) atoms. The molecular weight excluding hydrogens is 440 g/mol. The minimum absolute atomic E-state index is 0.0817. The van der Waals surface area contributed by atoms with Crippen molar-refractivity contribution < 1.29 is 5.11 Å². The second kappa shape index (κ2) is 11.4. The highest BCUT2D eigenvalue weighted by molar-refractivity contribution is 5.82. The van der Waals surface area contributed by atoms with Crippen LogP contribution in [0.3, 0.4) is 0 Å². The largest absolute Gasteiger partial charge is 0.396 e. The monoisotopic (exact) mass is 474 g/mol. The second-order valence-corrected chi connectivity index (χ2v) is 9.14. The van der Waals surface area contributed by atoms with Gasteiger partial charge in [-0.1, -0.05) is 48.9 Å². The first-order valence-electron chi connectivity index (χ1n) is 12.3. The molecule has 4 aromatic rings. The zero-order chi connectivity index (χ0) is 24.8. The highest BCUT2D eigenvalue weighted by Gasteiger charge is 2.25. The van der Waals surface area contributed by atoms with Crippen LogP contribution < -0.4 is 5.56 Å². The zero-order valence-corrected chi connectivity index (χ0v) is 20.7. The number of nitrogens with one attached hydrogen (secondary N) is 1. The summed E-state index contributed by atoms with van der Waals surface area (Å²) in [7, 11) is 0. The van der Waals surface area contributed by atoms with Crippen molar-refractivity contribution in [3.05, 3.63) is 87.0 Å². The number of hydrogen-bond donors (Lipinski definition) is 2. The summed E-state index contributed by atoms with van der Waals surface area (Å²) in [6.45, 7) is 8.01. The molecule has 8 heteroatoms. The van der Waals surface area contributed by atoms with Gasteiger partial charge in [0.25, 0.3) is 5.56 Å². The van der Waals surface area contributed by atoms with Crippen molar-refractivity contribution in [2.75, 3.05) is 13.2 Å². The van der Waals surface area contributed by atoms with Crippen molar-refractivity contribution in [2.45, 2.75) is 59.2 Å². The molecule has 0 fully saturated rings. The third-order valence-electron chi connectivity index (χ3n) is 6.49. The van der Waals surface area contributed by atoms with Gasteiger partial charge in [0.15, 0.2) is 5.82 Å². The Hall–Kier alpha value is -3.36. The standard InChI is InChI=1S/C27H34N6O2/c1-4-24(26-29-30-31-33(26)13-11-21-9-6-5-7-10-21)32(12-8-14-34)18-23-17-22-16-19(2)15-20(3)25(22)28-27(23)35/h5-7,9-10,15-17,24,34H,4,8,11-14,18H2,1-3H3,(H,28,35). The normalized spacial score (nSPS) is 12.5. The fourth-order valence-electron chi connectivity index (χ4n) is 4.78. The molecule has 2 aromatic carbocycles. The summed E-state index contributed by atoms with van der Waals surface area (Å²) in [6.07, 6.45) is 2.21. The quantitative estimate of drug-likeness (QED) is 0.344. The lowest BCUT2D eigenvalue weighted by molar-refractivity contribution is 0.152. The van der Waals surface area contributed by atoms with E-state index in [2.05, 4.69) is 63.5 Å². The fraction of sp³-hybridized carbons (Fsp3) is 0.407. The third kappa shape index (κ3) is 5.83. The number of aromatic amines is 1. The average Bonchev–Trinajstić information content (AvgIpc) is 3.31. The molecule has 2 N–H and O–H groups in total.